The minimum absolute atomic E-state index is 0.826. The Morgan fingerprint density at radius 1 is 1.64 bits per heavy atom. The predicted molar refractivity (Wildman–Crippen MR) is 58.3 cm³/mol. The van der Waals surface area contributed by atoms with Gasteiger partial charge in [0.15, 0.2) is 0 Å². The minimum atomic E-state index is 0.826. The van der Waals surface area contributed by atoms with E-state index in [0.717, 1.165) is 25.0 Å². The van der Waals surface area contributed by atoms with Gasteiger partial charge in [-0.2, -0.15) is 0 Å². The summed E-state index contributed by atoms with van der Waals surface area (Å²) in [5.74, 6) is 1.83. The molecule has 0 atom stereocenters. The van der Waals surface area contributed by atoms with E-state index in [4.69, 9.17) is 0 Å². The molecule has 0 aliphatic heterocycles. The van der Waals surface area contributed by atoms with Crippen LogP contribution < -0.4 is 5.32 Å². The second-order valence-electron chi connectivity index (χ2n) is 3.87. The first kappa shape index (κ1) is 9.31. The summed E-state index contributed by atoms with van der Waals surface area (Å²) in [6.45, 7) is 5.61. The maximum Gasteiger partial charge on any atom is 0.203 e. The molecule has 76 valence electrons. The van der Waals surface area contributed by atoms with Crippen LogP contribution in [0.4, 0.5) is 5.95 Å². The van der Waals surface area contributed by atoms with Crippen molar-refractivity contribution in [3.8, 4) is 0 Å². The van der Waals surface area contributed by atoms with Gasteiger partial charge in [-0.1, -0.05) is 12.5 Å². The van der Waals surface area contributed by atoms with Crippen LogP contribution in [0.1, 0.15) is 19.3 Å². The summed E-state index contributed by atoms with van der Waals surface area (Å²) in [5, 5.41) is 3.38. The molecule has 1 saturated carbocycles. The first-order chi connectivity index (χ1) is 6.90. The molecule has 1 aromatic heterocycles. The molecule has 1 aliphatic rings. The summed E-state index contributed by atoms with van der Waals surface area (Å²) >= 11 is 0. The van der Waals surface area contributed by atoms with Gasteiger partial charge >= 0.3 is 0 Å². The molecule has 0 saturated heterocycles. The summed E-state index contributed by atoms with van der Waals surface area (Å²) in [5.41, 5.74) is 0. The van der Waals surface area contributed by atoms with Crippen molar-refractivity contribution in [3.63, 3.8) is 0 Å². The van der Waals surface area contributed by atoms with Gasteiger partial charge in [0.1, 0.15) is 0 Å². The third-order valence-corrected chi connectivity index (χ3v) is 2.81. The average molecular weight is 191 g/mol. The quantitative estimate of drug-likeness (QED) is 0.724. The second kappa shape index (κ2) is 4.31. The third-order valence-electron chi connectivity index (χ3n) is 2.81. The Balaban J connectivity index is 1.87. The number of allylic oxidation sites excluding steroid dienone is 1. The topological polar surface area (TPSA) is 29.9 Å². The van der Waals surface area contributed by atoms with Crippen LogP contribution in [0.15, 0.2) is 25.0 Å². The highest BCUT2D eigenvalue weighted by molar-refractivity contribution is 5.26. The van der Waals surface area contributed by atoms with Crippen molar-refractivity contribution < 1.29 is 0 Å². The van der Waals surface area contributed by atoms with Gasteiger partial charge in [0.2, 0.25) is 5.95 Å². The molecular formula is C11H17N3. The molecule has 3 heteroatoms. The van der Waals surface area contributed by atoms with E-state index in [1.54, 1.807) is 0 Å². The van der Waals surface area contributed by atoms with Crippen molar-refractivity contribution in [2.45, 2.75) is 25.8 Å². The summed E-state index contributed by atoms with van der Waals surface area (Å²) in [6.07, 6.45) is 9.82. The lowest BCUT2D eigenvalue weighted by molar-refractivity contribution is 0.332. The second-order valence-corrected chi connectivity index (χ2v) is 3.87. The van der Waals surface area contributed by atoms with Gasteiger partial charge in [-0.05, 0) is 18.8 Å². The number of aromatic nitrogens is 2. The van der Waals surface area contributed by atoms with Gasteiger partial charge in [0, 0.05) is 25.5 Å². The molecule has 2 rings (SSSR count). The fourth-order valence-electron chi connectivity index (χ4n) is 1.70. The van der Waals surface area contributed by atoms with Crippen molar-refractivity contribution in [1.82, 2.24) is 9.55 Å². The highest BCUT2D eigenvalue weighted by atomic mass is 15.2. The molecule has 1 fully saturated rings. The molecule has 3 nitrogen and oxygen atoms in total. The van der Waals surface area contributed by atoms with Gasteiger partial charge in [-0.3, -0.25) is 0 Å². The molecule has 1 heterocycles. The van der Waals surface area contributed by atoms with Crippen molar-refractivity contribution in [2.24, 2.45) is 5.92 Å². The van der Waals surface area contributed by atoms with Crippen LogP contribution >= 0.6 is 0 Å². The lowest BCUT2D eigenvalue weighted by Crippen LogP contribution is -2.22. The van der Waals surface area contributed by atoms with E-state index < -0.39 is 0 Å². The molecule has 14 heavy (non-hydrogen) atoms. The number of nitrogens with zero attached hydrogens (tertiary/aromatic N) is 2. The molecule has 0 spiro atoms. The van der Waals surface area contributed by atoms with Crippen LogP contribution in [-0.4, -0.2) is 16.1 Å². The van der Waals surface area contributed by atoms with Crippen LogP contribution in [-0.2, 0) is 6.54 Å². The molecule has 1 aromatic rings. The lowest BCUT2D eigenvalue weighted by atomic mass is 9.85. The maximum atomic E-state index is 4.27. The third kappa shape index (κ3) is 1.97. The Hall–Kier alpha value is -1.25. The molecule has 0 unspecified atom stereocenters. The van der Waals surface area contributed by atoms with Crippen LogP contribution in [0, 0.1) is 5.92 Å². The van der Waals surface area contributed by atoms with Crippen LogP contribution in [0.25, 0.3) is 0 Å². The zero-order chi connectivity index (χ0) is 9.80. The zero-order valence-electron chi connectivity index (χ0n) is 8.45. The van der Waals surface area contributed by atoms with Gasteiger partial charge in [-0.25, -0.2) is 4.98 Å². The number of anilines is 1. The average Bonchev–Trinajstić information content (AvgIpc) is 2.51. The number of nitrogens with one attached hydrogen (secondary N) is 1. The Morgan fingerprint density at radius 3 is 3.14 bits per heavy atom. The van der Waals surface area contributed by atoms with Crippen molar-refractivity contribution in [1.29, 1.82) is 0 Å². The van der Waals surface area contributed by atoms with Crippen molar-refractivity contribution in [3.05, 3.63) is 25.0 Å². The molecular weight excluding hydrogens is 174 g/mol. The number of hydrogen-bond donors (Lipinski definition) is 1. The molecule has 1 N–H and O–H groups in total. The minimum Gasteiger partial charge on any atom is -0.355 e. The fourth-order valence-corrected chi connectivity index (χ4v) is 1.70. The molecule has 0 aromatic carbocycles. The summed E-state index contributed by atoms with van der Waals surface area (Å²) < 4.78 is 2.08. The summed E-state index contributed by atoms with van der Waals surface area (Å²) in [7, 11) is 0. The smallest absolute Gasteiger partial charge is 0.203 e. The van der Waals surface area contributed by atoms with E-state index in [-0.39, 0.29) is 0 Å². The Bertz CT molecular complexity index is 299. The molecule has 0 bridgehead atoms. The Morgan fingerprint density at radius 2 is 2.50 bits per heavy atom. The summed E-state index contributed by atoms with van der Waals surface area (Å²) in [4.78, 5) is 4.27. The van der Waals surface area contributed by atoms with Gasteiger partial charge < -0.3 is 9.88 Å². The normalized spacial score (nSPS) is 16.3. The van der Waals surface area contributed by atoms with E-state index in [1.807, 2.05) is 18.5 Å². The predicted octanol–water partition coefficient (Wildman–Crippen LogP) is 2.28. The standard InChI is InChI=1S/C11H17N3/c1-2-7-14-8-6-12-11(14)13-9-10-4-3-5-10/h2,6,8,10H,1,3-5,7,9H2,(H,12,13). The van der Waals surface area contributed by atoms with Crippen LogP contribution in [0.5, 0.6) is 0 Å². The fraction of sp³-hybridized carbons (Fsp3) is 0.545. The highest BCUT2D eigenvalue weighted by Gasteiger charge is 2.17. The monoisotopic (exact) mass is 191 g/mol. The van der Waals surface area contributed by atoms with E-state index in [1.165, 1.54) is 19.3 Å². The van der Waals surface area contributed by atoms with E-state index in [9.17, 15) is 0 Å². The van der Waals surface area contributed by atoms with Gasteiger partial charge in [0.25, 0.3) is 0 Å². The van der Waals surface area contributed by atoms with Crippen molar-refractivity contribution >= 4 is 5.95 Å². The van der Waals surface area contributed by atoms with Crippen molar-refractivity contribution in [2.75, 3.05) is 11.9 Å². The number of rotatable bonds is 5. The van der Waals surface area contributed by atoms with Crippen LogP contribution in [0.2, 0.25) is 0 Å². The summed E-state index contributed by atoms with van der Waals surface area (Å²) in [6, 6.07) is 0. The first-order valence-electron chi connectivity index (χ1n) is 5.26. The Kier molecular flexibility index (Phi) is 2.87. The van der Waals surface area contributed by atoms with E-state index >= 15 is 0 Å². The molecule has 1 aliphatic carbocycles. The van der Waals surface area contributed by atoms with Crippen LogP contribution in [0.3, 0.4) is 0 Å². The number of imidazole rings is 1. The lowest BCUT2D eigenvalue weighted by Gasteiger charge is -2.25. The zero-order valence-corrected chi connectivity index (χ0v) is 8.45. The SMILES string of the molecule is C=CCn1ccnc1NCC1CCC1. The number of hydrogen-bond acceptors (Lipinski definition) is 2. The maximum absolute atomic E-state index is 4.27. The van der Waals surface area contributed by atoms with Gasteiger partial charge in [0.05, 0.1) is 0 Å². The van der Waals surface area contributed by atoms with Gasteiger partial charge in [-0.15, -0.1) is 6.58 Å². The van der Waals surface area contributed by atoms with E-state index in [2.05, 4.69) is 21.4 Å². The first-order valence-corrected chi connectivity index (χ1v) is 5.26. The Labute approximate surface area is 84.8 Å². The largest absolute Gasteiger partial charge is 0.355 e. The molecule has 0 radical (unpaired) electrons. The van der Waals surface area contributed by atoms with E-state index in [0.29, 0.717) is 0 Å². The molecule has 0 amide bonds. The highest BCUT2D eigenvalue weighted by Crippen LogP contribution is 2.26.